The first-order valence-corrected chi connectivity index (χ1v) is 8.97. The molecule has 0 aliphatic rings. The van der Waals surface area contributed by atoms with E-state index in [1.807, 2.05) is 36.4 Å². The molecule has 2 aromatic carbocycles. The van der Waals surface area contributed by atoms with Gasteiger partial charge in [0.2, 0.25) is 0 Å². The lowest BCUT2D eigenvalue weighted by Crippen LogP contribution is -2.41. The Bertz CT molecular complexity index is 940. The van der Waals surface area contributed by atoms with Crippen molar-refractivity contribution in [1.82, 2.24) is 10.3 Å². The molecule has 1 atom stereocenters. The van der Waals surface area contributed by atoms with Gasteiger partial charge in [0, 0.05) is 23.0 Å². The van der Waals surface area contributed by atoms with Gasteiger partial charge in [-0.2, -0.15) is 0 Å². The minimum Gasteiger partial charge on any atom is -0.342 e. The maximum Gasteiger partial charge on any atom is 0.251 e. The summed E-state index contributed by atoms with van der Waals surface area (Å²) in [5, 5.41) is 3.28. The predicted molar refractivity (Wildman–Crippen MR) is 107 cm³/mol. The fourth-order valence-corrected chi connectivity index (χ4v) is 2.97. The van der Waals surface area contributed by atoms with Crippen molar-refractivity contribution in [2.45, 2.75) is 19.4 Å². The Morgan fingerprint density at radius 2 is 1.67 bits per heavy atom. The molecule has 1 N–H and O–H groups in total. The number of rotatable bonds is 6. The number of hydrogen-bond donors (Lipinski definition) is 1. The molecule has 5 heteroatoms. The van der Waals surface area contributed by atoms with Crippen molar-refractivity contribution < 1.29 is 9.59 Å². The van der Waals surface area contributed by atoms with Crippen LogP contribution in [0.4, 0.5) is 0 Å². The summed E-state index contributed by atoms with van der Waals surface area (Å²) in [6.45, 7) is 1.48. The molecule has 0 aliphatic carbocycles. The molecule has 4 nitrogen and oxygen atoms in total. The van der Waals surface area contributed by atoms with Crippen molar-refractivity contribution in [2.24, 2.45) is 0 Å². The minimum atomic E-state index is -0.594. The lowest BCUT2D eigenvalue weighted by molar-refractivity contribution is -0.118. The van der Waals surface area contributed by atoms with E-state index < -0.39 is 6.04 Å². The highest BCUT2D eigenvalue weighted by atomic mass is 35.5. The zero-order valence-electron chi connectivity index (χ0n) is 14.9. The molecule has 1 unspecified atom stereocenters. The third-order valence-electron chi connectivity index (χ3n) is 4.29. The summed E-state index contributed by atoms with van der Waals surface area (Å²) in [6, 6.07) is 17.9. The maximum absolute atomic E-state index is 12.4. The average molecular weight is 379 g/mol. The van der Waals surface area contributed by atoms with E-state index in [4.69, 9.17) is 11.6 Å². The monoisotopic (exact) mass is 378 g/mol. The number of carbonyl (C=O) groups is 2. The van der Waals surface area contributed by atoms with E-state index in [0.29, 0.717) is 17.0 Å². The lowest BCUT2D eigenvalue weighted by atomic mass is 9.99. The Morgan fingerprint density at radius 3 is 2.30 bits per heavy atom. The number of halogens is 1. The summed E-state index contributed by atoms with van der Waals surface area (Å²) < 4.78 is 0. The summed E-state index contributed by atoms with van der Waals surface area (Å²) in [5.74, 6) is -0.408. The highest BCUT2D eigenvalue weighted by Gasteiger charge is 2.18. The molecule has 1 amide bonds. The van der Waals surface area contributed by atoms with E-state index in [1.54, 1.807) is 36.7 Å². The molecule has 0 saturated heterocycles. The van der Waals surface area contributed by atoms with Gasteiger partial charge in [0.1, 0.15) is 0 Å². The van der Waals surface area contributed by atoms with Crippen LogP contribution < -0.4 is 5.32 Å². The van der Waals surface area contributed by atoms with E-state index in [9.17, 15) is 9.59 Å². The lowest BCUT2D eigenvalue weighted by Gasteiger charge is -2.16. The smallest absolute Gasteiger partial charge is 0.251 e. The fraction of sp³-hybridized carbons (Fsp3) is 0.136. The third kappa shape index (κ3) is 5.02. The van der Waals surface area contributed by atoms with Gasteiger partial charge in [0.15, 0.2) is 5.78 Å². The molecule has 0 radical (unpaired) electrons. The van der Waals surface area contributed by atoms with Crippen molar-refractivity contribution in [3.63, 3.8) is 0 Å². The second-order valence-corrected chi connectivity index (χ2v) is 6.72. The van der Waals surface area contributed by atoms with Gasteiger partial charge in [-0.3, -0.25) is 14.6 Å². The van der Waals surface area contributed by atoms with Crippen LogP contribution in [-0.2, 0) is 11.2 Å². The molecule has 0 aliphatic heterocycles. The van der Waals surface area contributed by atoms with Gasteiger partial charge >= 0.3 is 0 Å². The number of ketones is 1. The van der Waals surface area contributed by atoms with Gasteiger partial charge in [-0.1, -0.05) is 41.9 Å². The number of aromatic nitrogens is 1. The largest absolute Gasteiger partial charge is 0.342 e. The van der Waals surface area contributed by atoms with Crippen LogP contribution in [0.5, 0.6) is 0 Å². The van der Waals surface area contributed by atoms with E-state index in [1.165, 1.54) is 6.92 Å². The summed E-state index contributed by atoms with van der Waals surface area (Å²) in [7, 11) is 0. The Kier molecular flexibility index (Phi) is 5.99. The SMILES string of the molecule is CC(=O)C(Cc1ccc(-c2ccncc2)cc1)NC(=O)c1cccc(Cl)c1. The first-order chi connectivity index (χ1) is 13.0. The van der Waals surface area contributed by atoms with Crippen molar-refractivity contribution in [3.05, 3.63) is 89.2 Å². The maximum atomic E-state index is 12.4. The average Bonchev–Trinajstić information content (AvgIpc) is 2.68. The van der Waals surface area contributed by atoms with Crippen LogP contribution in [0.25, 0.3) is 11.1 Å². The molecule has 3 rings (SSSR count). The highest BCUT2D eigenvalue weighted by Crippen LogP contribution is 2.19. The summed E-state index contributed by atoms with van der Waals surface area (Å²) >= 11 is 5.93. The third-order valence-corrected chi connectivity index (χ3v) is 4.53. The Labute approximate surface area is 163 Å². The molecular weight excluding hydrogens is 360 g/mol. The predicted octanol–water partition coefficient (Wildman–Crippen LogP) is 4.33. The van der Waals surface area contributed by atoms with Crippen molar-refractivity contribution in [2.75, 3.05) is 0 Å². The molecule has 0 bridgehead atoms. The van der Waals surface area contributed by atoms with Crippen molar-refractivity contribution in [1.29, 1.82) is 0 Å². The van der Waals surface area contributed by atoms with Crippen LogP contribution in [-0.4, -0.2) is 22.7 Å². The van der Waals surface area contributed by atoms with Crippen LogP contribution in [0.2, 0.25) is 5.02 Å². The molecule has 136 valence electrons. The van der Waals surface area contributed by atoms with Gasteiger partial charge in [-0.25, -0.2) is 0 Å². The summed E-state index contributed by atoms with van der Waals surface area (Å²) in [6.07, 6.45) is 3.93. The quantitative estimate of drug-likeness (QED) is 0.694. The standard InChI is InChI=1S/C22H19ClN2O2/c1-15(26)21(25-22(27)19-3-2-4-20(23)14-19)13-16-5-7-17(8-6-16)18-9-11-24-12-10-18/h2-12,14,21H,13H2,1H3,(H,25,27). The van der Waals surface area contributed by atoms with Gasteiger partial charge < -0.3 is 5.32 Å². The summed E-state index contributed by atoms with van der Waals surface area (Å²) in [4.78, 5) is 28.5. The molecule has 1 heterocycles. The molecule has 0 spiro atoms. The number of nitrogens with one attached hydrogen (secondary N) is 1. The second-order valence-electron chi connectivity index (χ2n) is 6.28. The van der Waals surface area contributed by atoms with Crippen molar-refractivity contribution in [3.8, 4) is 11.1 Å². The van der Waals surface area contributed by atoms with Crippen LogP contribution in [0.15, 0.2) is 73.1 Å². The first kappa shape index (κ1) is 18.8. The number of carbonyl (C=O) groups excluding carboxylic acids is 2. The van der Waals surface area contributed by atoms with Crippen molar-refractivity contribution >= 4 is 23.3 Å². The number of benzene rings is 2. The van der Waals surface area contributed by atoms with Gasteiger partial charge in [0.05, 0.1) is 6.04 Å². The molecule has 3 aromatic rings. The number of Topliss-reactive ketones (excluding diaryl/α,β-unsaturated/α-hetero) is 1. The zero-order valence-corrected chi connectivity index (χ0v) is 15.6. The van der Waals surface area contributed by atoms with Gasteiger partial charge in [-0.05, 0) is 60.4 Å². The first-order valence-electron chi connectivity index (χ1n) is 8.59. The van der Waals surface area contributed by atoms with E-state index in [2.05, 4.69) is 10.3 Å². The van der Waals surface area contributed by atoms with Crippen LogP contribution in [0.3, 0.4) is 0 Å². The zero-order chi connectivity index (χ0) is 19.2. The molecule has 27 heavy (non-hydrogen) atoms. The number of pyridine rings is 1. The van der Waals surface area contributed by atoms with E-state index in [0.717, 1.165) is 16.7 Å². The Morgan fingerprint density at radius 1 is 1.00 bits per heavy atom. The number of hydrogen-bond acceptors (Lipinski definition) is 3. The normalized spacial score (nSPS) is 11.6. The molecule has 0 fully saturated rings. The highest BCUT2D eigenvalue weighted by molar-refractivity contribution is 6.31. The van der Waals surface area contributed by atoms with Gasteiger partial charge in [0.25, 0.3) is 5.91 Å². The van der Waals surface area contributed by atoms with E-state index in [-0.39, 0.29) is 11.7 Å². The fourth-order valence-electron chi connectivity index (χ4n) is 2.78. The molecule has 1 aromatic heterocycles. The van der Waals surface area contributed by atoms with Crippen LogP contribution in [0.1, 0.15) is 22.8 Å². The summed E-state index contributed by atoms with van der Waals surface area (Å²) in [5.41, 5.74) is 3.55. The topological polar surface area (TPSA) is 59.1 Å². The van der Waals surface area contributed by atoms with E-state index >= 15 is 0 Å². The van der Waals surface area contributed by atoms with Gasteiger partial charge in [-0.15, -0.1) is 0 Å². The minimum absolute atomic E-state index is 0.0939. The number of nitrogens with zero attached hydrogens (tertiary/aromatic N) is 1. The second kappa shape index (κ2) is 8.60. The number of amides is 1. The Balaban J connectivity index is 1.71. The van der Waals surface area contributed by atoms with Crippen LogP contribution >= 0.6 is 11.6 Å². The molecule has 0 saturated carbocycles. The Hall–Kier alpha value is -2.98. The molecular formula is C22H19ClN2O2. The van der Waals surface area contributed by atoms with Crippen LogP contribution in [0, 0.1) is 0 Å².